The predicted octanol–water partition coefficient (Wildman–Crippen LogP) is 1.91. The van der Waals surface area contributed by atoms with E-state index in [1.54, 1.807) is 6.07 Å². The molecule has 7 heteroatoms. The van der Waals surface area contributed by atoms with Crippen LogP contribution in [0.1, 0.15) is 37.8 Å². The zero-order valence-electron chi connectivity index (χ0n) is 13.0. The highest BCUT2D eigenvalue weighted by Gasteiger charge is 2.22. The molecule has 0 spiro atoms. The van der Waals surface area contributed by atoms with Crippen LogP contribution in [0, 0.1) is 5.82 Å². The van der Waals surface area contributed by atoms with Gasteiger partial charge in [0.05, 0.1) is 11.6 Å². The second-order valence-corrected chi connectivity index (χ2v) is 6.09. The van der Waals surface area contributed by atoms with Crippen LogP contribution in [0.4, 0.5) is 4.39 Å². The van der Waals surface area contributed by atoms with Crippen molar-refractivity contribution in [2.45, 2.75) is 38.3 Å². The first-order valence-electron chi connectivity index (χ1n) is 7.73. The Balaban J connectivity index is 1.83. The van der Waals surface area contributed by atoms with Gasteiger partial charge in [-0.05, 0) is 43.9 Å². The Morgan fingerprint density at radius 2 is 2.26 bits per heavy atom. The quantitative estimate of drug-likeness (QED) is 0.766. The molecular weight excluding hydrogens is 321 g/mol. The summed E-state index contributed by atoms with van der Waals surface area (Å²) in [6, 6.07) is 3.82. The number of halogens is 2. The third-order valence-corrected chi connectivity index (χ3v) is 4.17. The van der Waals surface area contributed by atoms with Gasteiger partial charge in [-0.25, -0.2) is 4.39 Å². The van der Waals surface area contributed by atoms with Crippen molar-refractivity contribution in [2.75, 3.05) is 13.1 Å². The fraction of sp³-hybridized carbons (Fsp3) is 0.500. The zero-order chi connectivity index (χ0) is 16.8. The highest BCUT2D eigenvalue weighted by atomic mass is 35.5. The van der Waals surface area contributed by atoms with Crippen LogP contribution < -0.4 is 16.0 Å². The van der Waals surface area contributed by atoms with E-state index >= 15 is 0 Å². The summed E-state index contributed by atoms with van der Waals surface area (Å²) in [5, 5.41) is 8.61. The smallest absolute Gasteiger partial charge is 0.242 e. The molecule has 2 rings (SSSR count). The average Bonchev–Trinajstić information content (AvgIpc) is 2.72. The summed E-state index contributed by atoms with van der Waals surface area (Å²) >= 11 is 5.75. The summed E-state index contributed by atoms with van der Waals surface area (Å²) < 4.78 is 13.2. The number of hydrogen-bond acceptors (Lipinski definition) is 3. The Bertz CT molecular complexity index is 582. The van der Waals surface area contributed by atoms with E-state index in [0.717, 1.165) is 18.4 Å². The second kappa shape index (κ2) is 8.26. The van der Waals surface area contributed by atoms with Crippen molar-refractivity contribution in [3.05, 3.63) is 34.6 Å². The Hall–Kier alpha value is -1.66. The summed E-state index contributed by atoms with van der Waals surface area (Å²) in [7, 11) is 0. The minimum atomic E-state index is -0.472. The van der Waals surface area contributed by atoms with Gasteiger partial charge < -0.3 is 16.0 Å². The summed E-state index contributed by atoms with van der Waals surface area (Å²) in [6.45, 7) is 2.58. The van der Waals surface area contributed by atoms with Gasteiger partial charge in [0.1, 0.15) is 11.9 Å². The summed E-state index contributed by atoms with van der Waals surface area (Å²) in [4.78, 5) is 23.8. The van der Waals surface area contributed by atoms with Crippen molar-refractivity contribution in [2.24, 2.45) is 0 Å². The first-order chi connectivity index (χ1) is 11.0. The molecule has 1 aromatic rings. The van der Waals surface area contributed by atoms with Gasteiger partial charge in [0.25, 0.3) is 0 Å². The number of hydrogen-bond donors (Lipinski definition) is 3. The number of benzene rings is 1. The molecule has 1 aliphatic rings. The molecule has 1 aromatic carbocycles. The molecule has 1 fully saturated rings. The third kappa shape index (κ3) is 5.18. The molecule has 2 amide bonds. The van der Waals surface area contributed by atoms with Crippen LogP contribution in [0.25, 0.3) is 0 Å². The van der Waals surface area contributed by atoms with E-state index in [9.17, 15) is 14.0 Å². The van der Waals surface area contributed by atoms with Gasteiger partial charge in [-0.1, -0.05) is 17.7 Å². The molecule has 23 heavy (non-hydrogen) atoms. The van der Waals surface area contributed by atoms with Crippen molar-refractivity contribution in [3.63, 3.8) is 0 Å². The molecule has 2 atom stereocenters. The summed E-state index contributed by atoms with van der Waals surface area (Å²) in [6.07, 6.45) is 2.49. The lowest BCUT2D eigenvalue weighted by molar-refractivity contribution is -0.128. The van der Waals surface area contributed by atoms with Gasteiger partial charge in [-0.2, -0.15) is 0 Å². The predicted molar refractivity (Wildman–Crippen MR) is 86.6 cm³/mol. The van der Waals surface area contributed by atoms with Gasteiger partial charge in [0.2, 0.25) is 11.8 Å². The van der Waals surface area contributed by atoms with Gasteiger partial charge in [-0.3, -0.25) is 9.59 Å². The molecule has 1 saturated heterocycles. The van der Waals surface area contributed by atoms with E-state index in [0.29, 0.717) is 13.0 Å². The Kier molecular flexibility index (Phi) is 6.36. The summed E-state index contributed by atoms with van der Waals surface area (Å²) in [5.41, 5.74) is 0.788. The SMILES string of the molecule is C[C@@H](NCC(=O)N[C@H]1CCCCNC1=O)c1ccc(F)c(Cl)c1. The second-order valence-electron chi connectivity index (χ2n) is 5.68. The fourth-order valence-electron chi connectivity index (χ4n) is 2.47. The third-order valence-electron chi connectivity index (χ3n) is 3.88. The van der Waals surface area contributed by atoms with Gasteiger partial charge in [0.15, 0.2) is 0 Å². The molecule has 1 heterocycles. The first-order valence-corrected chi connectivity index (χ1v) is 8.10. The highest BCUT2D eigenvalue weighted by Crippen LogP contribution is 2.20. The van der Waals surface area contributed by atoms with Gasteiger partial charge >= 0.3 is 0 Å². The number of carbonyl (C=O) groups excluding carboxylic acids is 2. The number of rotatable bonds is 5. The molecule has 126 valence electrons. The van der Waals surface area contributed by atoms with E-state index in [1.165, 1.54) is 12.1 Å². The van der Waals surface area contributed by atoms with Crippen molar-refractivity contribution in [1.29, 1.82) is 0 Å². The zero-order valence-corrected chi connectivity index (χ0v) is 13.8. The molecule has 0 bridgehead atoms. The van der Waals surface area contributed by atoms with Crippen LogP contribution in [-0.4, -0.2) is 30.9 Å². The van der Waals surface area contributed by atoms with E-state index in [-0.39, 0.29) is 29.4 Å². The van der Waals surface area contributed by atoms with Crippen molar-refractivity contribution < 1.29 is 14.0 Å². The molecule has 0 aliphatic carbocycles. The van der Waals surface area contributed by atoms with Crippen molar-refractivity contribution in [3.8, 4) is 0 Å². The number of nitrogens with one attached hydrogen (secondary N) is 3. The average molecular weight is 342 g/mol. The van der Waals surface area contributed by atoms with E-state index in [2.05, 4.69) is 16.0 Å². The Morgan fingerprint density at radius 3 is 3.00 bits per heavy atom. The van der Waals surface area contributed by atoms with E-state index < -0.39 is 11.9 Å². The Morgan fingerprint density at radius 1 is 1.48 bits per heavy atom. The minimum absolute atomic E-state index is 0.0516. The Labute approximate surface area is 140 Å². The molecule has 0 radical (unpaired) electrons. The van der Waals surface area contributed by atoms with Crippen LogP contribution in [0.15, 0.2) is 18.2 Å². The van der Waals surface area contributed by atoms with Crippen molar-refractivity contribution >= 4 is 23.4 Å². The lowest BCUT2D eigenvalue weighted by Crippen LogP contribution is -2.48. The van der Waals surface area contributed by atoms with Crippen LogP contribution in [-0.2, 0) is 9.59 Å². The molecule has 0 aromatic heterocycles. The monoisotopic (exact) mass is 341 g/mol. The molecule has 1 aliphatic heterocycles. The topological polar surface area (TPSA) is 70.2 Å². The number of amides is 2. The van der Waals surface area contributed by atoms with Gasteiger partial charge in [0, 0.05) is 12.6 Å². The molecular formula is C16H21ClFN3O2. The maximum atomic E-state index is 13.2. The van der Waals surface area contributed by atoms with Gasteiger partial charge in [-0.15, -0.1) is 0 Å². The van der Waals surface area contributed by atoms with Crippen LogP contribution in [0.5, 0.6) is 0 Å². The molecule has 3 N–H and O–H groups in total. The fourth-order valence-corrected chi connectivity index (χ4v) is 2.66. The summed E-state index contributed by atoms with van der Waals surface area (Å²) in [5.74, 6) is -0.846. The largest absolute Gasteiger partial charge is 0.354 e. The van der Waals surface area contributed by atoms with Crippen molar-refractivity contribution in [1.82, 2.24) is 16.0 Å². The molecule has 0 unspecified atom stereocenters. The van der Waals surface area contributed by atoms with Crippen LogP contribution in [0.2, 0.25) is 5.02 Å². The first kappa shape index (κ1) is 17.7. The standard InChI is InChI=1S/C16H21ClFN3O2/c1-10(11-5-6-13(18)12(17)8-11)20-9-15(22)21-14-4-2-3-7-19-16(14)23/h5-6,8,10,14,20H,2-4,7,9H2,1H3,(H,19,23)(H,21,22)/t10-,14+/m1/s1. The maximum absolute atomic E-state index is 13.2. The molecule has 5 nitrogen and oxygen atoms in total. The number of carbonyl (C=O) groups is 2. The lowest BCUT2D eigenvalue weighted by atomic mass is 10.1. The highest BCUT2D eigenvalue weighted by molar-refractivity contribution is 6.30. The van der Waals surface area contributed by atoms with E-state index in [1.807, 2.05) is 6.92 Å². The molecule has 0 saturated carbocycles. The van der Waals surface area contributed by atoms with Crippen LogP contribution in [0.3, 0.4) is 0 Å². The van der Waals surface area contributed by atoms with Crippen LogP contribution >= 0.6 is 11.6 Å². The minimum Gasteiger partial charge on any atom is -0.354 e. The van der Waals surface area contributed by atoms with E-state index in [4.69, 9.17) is 11.6 Å². The normalized spacial score (nSPS) is 19.6. The lowest BCUT2D eigenvalue weighted by Gasteiger charge is -2.18. The maximum Gasteiger partial charge on any atom is 0.242 e.